The third-order valence-electron chi connectivity index (χ3n) is 5.15. The molecule has 0 aromatic heterocycles. The maximum atomic E-state index is 13.1. The number of β-lactam (4-membered cyclic amide) rings is 1. The Kier molecular flexibility index (Phi) is 8.43. The molecule has 200 valence electrons. The van der Waals surface area contributed by atoms with Crippen LogP contribution in [0.25, 0.3) is 0 Å². The number of esters is 2. The second kappa shape index (κ2) is 11.2. The standard InChI is InChI=1S/C23H27N3O10S/c1-12(27)35-21(33-5)15-11-37-19-16(18(28)25(19)17(15)20(29)36-23(2,3)4)24-22(30)34-10-13-6-8-14(9-7-13)26(31)32/h6-9,16,19,21H,10-11H2,1-5H3,(H,24,30)/t16-,19+,21?/m0/s1. The Balaban J connectivity index is 1.73. The average Bonchev–Trinajstić information content (AvgIpc) is 2.82. The highest BCUT2D eigenvalue weighted by atomic mass is 32.2. The van der Waals surface area contributed by atoms with E-state index in [4.69, 9.17) is 18.9 Å². The van der Waals surface area contributed by atoms with Crippen molar-refractivity contribution in [1.29, 1.82) is 0 Å². The SMILES string of the molecule is COC(OC(C)=O)C1=C(C(=O)OC(C)(C)C)N2C(=O)[C@H](NC(=O)OCc3ccc([N+](=O)[O-])cc3)[C@H]2SC1. The van der Waals surface area contributed by atoms with Gasteiger partial charge in [0.05, 0.1) is 4.92 Å². The molecular weight excluding hydrogens is 510 g/mol. The van der Waals surface area contributed by atoms with Crippen molar-refractivity contribution in [2.75, 3.05) is 12.9 Å². The van der Waals surface area contributed by atoms with Crippen molar-refractivity contribution >= 4 is 41.4 Å². The van der Waals surface area contributed by atoms with Gasteiger partial charge in [-0.3, -0.25) is 24.6 Å². The Bertz CT molecular complexity index is 1130. The number of benzene rings is 1. The molecule has 1 saturated heterocycles. The minimum absolute atomic E-state index is 0.0969. The summed E-state index contributed by atoms with van der Waals surface area (Å²) in [5.74, 6) is -1.86. The van der Waals surface area contributed by atoms with Gasteiger partial charge in [0.1, 0.15) is 29.3 Å². The smallest absolute Gasteiger partial charge is 0.408 e. The van der Waals surface area contributed by atoms with Crippen LogP contribution in [-0.4, -0.2) is 69.9 Å². The zero-order chi connectivity index (χ0) is 27.5. The molecule has 0 aliphatic carbocycles. The number of nitrogens with one attached hydrogen (secondary N) is 1. The van der Waals surface area contributed by atoms with Crippen LogP contribution < -0.4 is 5.32 Å². The van der Waals surface area contributed by atoms with E-state index in [9.17, 15) is 29.3 Å². The van der Waals surface area contributed by atoms with Gasteiger partial charge in [-0.15, -0.1) is 11.8 Å². The van der Waals surface area contributed by atoms with Gasteiger partial charge in [-0.05, 0) is 38.5 Å². The van der Waals surface area contributed by atoms with Crippen molar-refractivity contribution in [2.45, 2.75) is 57.6 Å². The summed E-state index contributed by atoms with van der Waals surface area (Å²) in [4.78, 5) is 61.4. The second-order valence-corrected chi connectivity index (χ2v) is 10.2. The molecule has 2 aliphatic heterocycles. The predicted molar refractivity (Wildman–Crippen MR) is 129 cm³/mol. The number of nitro benzene ring substituents is 1. The van der Waals surface area contributed by atoms with Crippen molar-refractivity contribution < 1.29 is 43.0 Å². The van der Waals surface area contributed by atoms with Crippen LogP contribution in [0.1, 0.15) is 33.3 Å². The number of non-ortho nitro benzene ring substituents is 1. The Morgan fingerprint density at radius 2 is 1.89 bits per heavy atom. The number of carbonyl (C=O) groups is 4. The van der Waals surface area contributed by atoms with Crippen molar-refractivity contribution in [3.05, 3.63) is 51.2 Å². The third-order valence-corrected chi connectivity index (χ3v) is 6.45. The maximum absolute atomic E-state index is 13.1. The summed E-state index contributed by atoms with van der Waals surface area (Å²) in [5.41, 5.74) is -0.299. The quantitative estimate of drug-likeness (QED) is 0.129. The lowest BCUT2D eigenvalue weighted by molar-refractivity contribution is -0.384. The van der Waals surface area contributed by atoms with Crippen molar-refractivity contribution in [2.24, 2.45) is 0 Å². The van der Waals surface area contributed by atoms with Gasteiger partial charge in [0.2, 0.25) is 6.29 Å². The monoisotopic (exact) mass is 537 g/mol. The maximum Gasteiger partial charge on any atom is 0.408 e. The molecule has 1 aromatic carbocycles. The zero-order valence-electron chi connectivity index (χ0n) is 20.8. The topological polar surface area (TPSA) is 164 Å². The second-order valence-electron chi connectivity index (χ2n) is 9.08. The minimum Gasteiger partial charge on any atom is -0.455 e. The molecule has 13 nitrogen and oxygen atoms in total. The highest BCUT2D eigenvalue weighted by Crippen LogP contribution is 2.42. The van der Waals surface area contributed by atoms with Gasteiger partial charge in [-0.2, -0.15) is 0 Å². The lowest BCUT2D eigenvalue weighted by Crippen LogP contribution is -2.71. The molecule has 1 N–H and O–H groups in total. The molecule has 37 heavy (non-hydrogen) atoms. The fraction of sp³-hybridized carbons (Fsp3) is 0.478. The Morgan fingerprint density at radius 1 is 1.24 bits per heavy atom. The summed E-state index contributed by atoms with van der Waals surface area (Å²) < 4.78 is 21.1. The summed E-state index contributed by atoms with van der Waals surface area (Å²) >= 11 is 1.24. The number of fused-ring (bicyclic) bond motifs is 1. The van der Waals surface area contributed by atoms with Crippen molar-refractivity contribution in [1.82, 2.24) is 10.2 Å². The van der Waals surface area contributed by atoms with Crippen LogP contribution >= 0.6 is 11.8 Å². The number of rotatable bonds is 8. The van der Waals surface area contributed by atoms with Crippen LogP contribution in [-0.2, 0) is 39.9 Å². The summed E-state index contributed by atoms with van der Waals surface area (Å²) in [7, 11) is 1.30. The first-order chi connectivity index (χ1) is 17.3. The number of nitrogens with zero attached hydrogens (tertiary/aromatic N) is 2. The van der Waals surface area contributed by atoms with Gasteiger partial charge in [0.25, 0.3) is 11.6 Å². The fourth-order valence-corrected chi connectivity index (χ4v) is 4.94. The van der Waals surface area contributed by atoms with Gasteiger partial charge in [0.15, 0.2) is 0 Å². The molecule has 0 bridgehead atoms. The highest BCUT2D eigenvalue weighted by Gasteiger charge is 2.56. The zero-order valence-corrected chi connectivity index (χ0v) is 21.7. The highest BCUT2D eigenvalue weighted by molar-refractivity contribution is 8.00. The first-order valence-corrected chi connectivity index (χ1v) is 12.1. The molecule has 2 amide bonds. The van der Waals surface area contributed by atoms with Crippen LogP contribution in [0, 0.1) is 10.1 Å². The first kappa shape index (κ1) is 27.9. The third kappa shape index (κ3) is 6.57. The van der Waals surface area contributed by atoms with Crippen LogP contribution in [0.5, 0.6) is 0 Å². The number of methoxy groups -OCH3 is 1. The number of ether oxygens (including phenoxy) is 4. The predicted octanol–water partition coefficient (Wildman–Crippen LogP) is 2.24. The lowest BCUT2D eigenvalue weighted by Gasteiger charge is -2.50. The minimum atomic E-state index is -1.21. The first-order valence-electron chi connectivity index (χ1n) is 11.1. The summed E-state index contributed by atoms with van der Waals surface area (Å²) in [6, 6.07) is 4.49. The van der Waals surface area contributed by atoms with Gasteiger partial charge in [0, 0.05) is 37.5 Å². The molecule has 0 radical (unpaired) electrons. The van der Waals surface area contributed by atoms with Gasteiger partial charge in [-0.25, -0.2) is 9.59 Å². The molecule has 1 unspecified atom stereocenters. The van der Waals surface area contributed by atoms with E-state index >= 15 is 0 Å². The molecule has 3 rings (SSSR count). The van der Waals surface area contributed by atoms with Crippen LogP contribution in [0.3, 0.4) is 0 Å². The molecule has 2 aliphatic rings. The molecule has 14 heteroatoms. The molecule has 0 spiro atoms. The molecule has 1 aromatic rings. The Labute approximate surface area is 216 Å². The number of alkyl carbamates (subject to hydrolysis) is 1. The van der Waals surface area contributed by atoms with E-state index in [1.165, 1.54) is 55.0 Å². The lowest BCUT2D eigenvalue weighted by atomic mass is 10.0. The van der Waals surface area contributed by atoms with Crippen molar-refractivity contribution in [3.63, 3.8) is 0 Å². The Morgan fingerprint density at radius 3 is 2.43 bits per heavy atom. The van der Waals surface area contributed by atoms with Crippen LogP contribution in [0.15, 0.2) is 35.5 Å². The molecule has 3 atom stereocenters. The number of thioether (sulfide) groups is 1. The molecule has 2 heterocycles. The largest absolute Gasteiger partial charge is 0.455 e. The molecular formula is C23H27N3O10S. The molecule has 0 saturated carbocycles. The summed E-state index contributed by atoms with van der Waals surface area (Å²) in [6.45, 7) is 6.03. The summed E-state index contributed by atoms with van der Waals surface area (Å²) in [5, 5.41) is 12.6. The number of hydrogen-bond donors (Lipinski definition) is 1. The van der Waals surface area contributed by atoms with Gasteiger partial charge >= 0.3 is 18.0 Å². The number of hydrogen-bond acceptors (Lipinski definition) is 11. The van der Waals surface area contributed by atoms with Crippen LogP contribution in [0.4, 0.5) is 10.5 Å². The average molecular weight is 538 g/mol. The van der Waals surface area contributed by atoms with E-state index in [2.05, 4.69) is 5.32 Å². The number of amides is 2. The number of carbonyl (C=O) groups excluding carboxylic acids is 4. The molecule has 1 fully saturated rings. The number of nitro groups is 1. The van der Waals surface area contributed by atoms with Crippen molar-refractivity contribution in [3.8, 4) is 0 Å². The van der Waals surface area contributed by atoms with E-state index < -0.39 is 52.2 Å². The van der Waals surface area contributed by atoms with E-state index in [1.54, 1.807) is 20.8 Å². The Hall–Kier alpha value is -3.65. The van der Waals surface area contributed by atoms with E-state index in [0.29, 0.717) is 5.56 Å². The van der Waals surface area contributed by atoms with Gasteiger partial charge in [-0.1, -0.05) is 0 Å². The van der Waals surface area contributed by atoms with Crippen LogP contribution in [0.2, 0.25) is 0 Å². The fourth-order valence-electron chi connectivity index (χ4n) is 3.58. The van der Waals surface area contributed by atoms with E-state index in [1.807, 2.05) is 0 Å². The van der Waals surface area contributed by atoms with Gasteiger partial charge < -0.3 is 24.3 Å². The van der Waals surface area contributed by atoms with E-state index in [-0.39, 0.29) is 29.3 Å². The normalized spacial score (nSPS) is 19.8. The van der Waals surface area contributed by atoms with E-state index in [0.717, 1.165) is 0 Å². The summed E-state index contributed by atoms with van der Waals surface area (Å²) in [6.07, 6.45) is -2.08.